The third kappa shape index (κ3) is 4.38. The molecule has 0 spiro atoms. The molecule has 136 valence electrons. The van der Waals surface area contributed by atoms with Gasteiger partial charge in [0.25, 0.3) is 5.24 Å². The second-order valence-electron chi connectivity index (χ2n) is 6.20. The van der Waals surface area contributed by atoms with Gasteiger partial charge in [-0.05, 0) is 54.6 Å². The summed E-state index contributed by atoms with van der Waals surface area (Å²) in [6.07, 6.45) is 3.52. The molecule has 0 radical (unpaired) electrons. The summed E-state index contributed by atoms with van der Waals surface area (Å²) in [6.45, 7) is 2.46. The van der Waals surface area contributed by atoms with Gasteiger partial charge < -0.3 is 15.2 Å². The van der Waals surface area contributed by atoms with E-state index in [0.29, 0.717) is 19.4 Å². The highest BCUT2D eigenvalue weighted by Crippen LogP contribution is 2.34. The minimum atomic E-state index is -0.778. The molecule has 1 aliphatic rings. The van der Waals surface area contributed by atoms with Crippen LogP contribution in [-0.2, 0) is 4.79 Å². The zero-order valence-electron chi connectivity index (χ0n) is 14.5. The van der Waals surface area contributed by atoms with Crippen LogP contribution in [0.3, 0.4) is 0 Å². The Morgan fingerprint density at radius 3 is 2.69 bits per heavy atom. The quantitative estimate of drug-likeness (QED) is 0.692. The Labute approximate surface area is 156 Å². The molecule has 1 aliphatic heterocycles. The van der Waals surface area contributed by atoms with Gasteiger partial charge in [-0.25, -0.2) is 0 Å². The van der Waals surface area contributed by atoms with E-state index in [1.54, 1.807) is 0 Å². The largest absolute Gasteiger partial charge is 0.493 e. The van der Waals surface area contributed by atoms with Gasteiger partial charge in [0.15, 0.2) is 0 Å². The number of carbonyl (C=O) groups excluding carboxylic acids is 1. The summed E-state index contributed by atoms with van der Waals surface area (Å²) < 4.78 is 5.88. The van der Waals surface area contributed by atoms with Crippen molar-refractivity contribution in [3.05, 3.63) is 46.9 Å². The molecule has 0 aromatic heterocycles. The number of benzene rings is 2. The number of amides is 1. The SMILES string of the molecule is CC1NC(=O)S/C1=C\c1ccc(OCCCCC(=O)O)c2ccccc12. The van der Waals surface area contributed by atoms with Crippen LogP contribution in [0.25, 0.3) is 16.8 Å². The first-order valence-electron chi connectivity index (χ1n) is 8.61. The Bertz CT molecular complexity index is 862. The number of carboxylic acid groups (broad SMARTS) is 1. The number of hydrogen-bond donors (Lipinski definition) is 2. The van der Waals surface area contributed by atoms with Crippen molar-refractivity contribution in [2.24, 2.45) is 0 Å². The van der Waals surface area contributed by atoms with Gasteiger partial charge in [0.05, 0.1) is 12.6 Å². The highest BCUT2D eigenvalue weighted by atomic mass is 32.2. The predicted molar refractivity (Wildman–Crippen MR) is 104 cm³/mol. The molecule has 1 fully saturated rings. The first-order chi connectivity index (χ1) is 12.5. The van der Waals surface area contributed by atoms with Crippen LogP contribution in [0, 0.1) is 0 Å². The second-order valence-corrected chi connectivity index (χ2v) is 7.25. The minimum absolute atomic E-state index is 0.0191. The number of ether oxygens (including phenoxy) is 1. The van der Waals surface area contributed by atoms with Crippen molar-refractivity contribution >= 4 is 39.8 Å². The lowest BCUT2D eigenvalue weighted by Crippen LogP contribution is -2.21. The van der Waals surface area contributed by atoms with Crippen LogP contribution in [0.5, 0.6) is 5.75 Å². The van der Waals surface area contributed by atoms with Crippen LogP contribution in [0.1, 0.15) is 31.7 Å². The zero-order valence-corrected chi connectivity index (χ0v) is 15.3. The fraction of sp³-hybridized carbons (Fsp3) is 0.300. The van der Waals surface area contributed by atoms with Crippen LogP contribution < -0.4 is 10.1 Å². The molecule has 1 unspecified atom stereocenters. The molecule has 2 aromatic carbocycles. The zero-order chi connectivity index (χ0) is 18.5. The molecule has 2 aromatic rings. The van der Waals surface area contributed by atoms with Crippen molar-refractivity contribution in [3.8, 4) is 5.75 Å². The molecule has 0 saturated carbocycles. The van der Waals surface area contributed by atoms with Crippen molar-refractivity contribution in [3.63, 3.8) is 0 Å². The first kappa shape index (κ1) is 18.3. The number of aliphatic carboxylic acids is 1. The lowest BCUT2D eigenvalue weighted by molar-refractivity contribution is -0.137. The van der Waals surface area contributed by atoms with Crippen molar-refractivity contribution in [2.45, 2.75) is 32.2 Å². The van der Waals surface area contributed by atoms with Gasteiger partial charge in [0.1, 0.15) is 5.75 Å². The summed E-state index contributed by atoms with van der Waals surface area (Å²) in [4.78, 5) is 23.1. The van der Waals surface area contributed by atoms with Crippen molar-refractivity contribution < 1.29 is 19.4 Å². The van der Waals surface area contributed by atoms with E-state index in [9.17, 15) is 9.59 Å². The molecular formula is C20H21NO4S. The monoisotopic (exact) mass is 371 g/mol. The summed E-state index contributed by atoms with van der Waals surface area (Å²) in [6, 6.07) is 12.0. The molecule has 1 atom stereocenters. The standard InChI is InChI=1S/C20H21NO4S/c1-13-18(26-20(24)21-13)12-14-9-10-17(16-7-3-2-6-15(14)16)25-11-5-4-8-19(22)23/h2-3,6-7,9-10,12-13H,4-5,8,11H2,1H3,(H,21,24)(H,22,23)/b18-12-. The van der Waals surface area contributed by atoms with Gasteiger partial charge in [-0.2, -0.15) is 0 Å². The molecule has 26 heavy (non-hydrogen) atoms. The Hall–Kier alpha value is -2.47. The van der Waals surface area contributed by atoms with Crippen LogP contribution in [-0.4, -0.2) is 29.0 Å². The molecular weight excluding hydrogens is 350 g/mol. The molecule has 1 heterocycles. The smallest absolute Gasteiger partial charge is 0.303 e. The summed E-state index contributed by atoms with van der Waals surface area (Å²) in [5.41, 5.74) is 1.05. The number of fused-ring (bicyclic) bond motifs is 1. The van der Waals surface area contributed by atoms with Crippen molar-refractivity contribution in [1.82, 2.24) is 5.32 Å². The number of rotatable bonds is 7. The predicted octanol–water partition coefficient (Wildman–Crippen LogP) is 4.66. The maximum absolute atomic E-state index is 11.5. The van der Waals surface area contributed by atoms with Crippen LogP contribution in [0.4, 0.5) is 4.79 Å². The lowest BCUT2D eigenvalue weighted by Gasteiger charge is -2.12. The van der Waals surface area contributed by atoms with E-state index >= 15 is 0 Å². The third-order valence-corrected chi connectivity index (χ3v) is 5.24. The van der Waals surface area contributed by atoms with E-state index in [2.05, 4.69) is 5.32 Å². The topological polar surface area (TPSA) is 75.6 Å². The number of thioether (sulfide) groups is 1. The normalized spacial score (nSPS) is 18.3. The maximum Gasteiger partial charge on any atom is 0.303 e. The molecule has 1 amide bonds. The molecule has 1 saturated heterocycles. The van der Waals surface area contributed by atoms with Crippen LogP contribution in [0.2, 0.25) is 0 Å². The van der Waals surface area contributed by atoms with E-state index < -0.39 is 5.97 Å². The summed E-state index contributed by atoms with van der Waals surface area (Å²) in [7, 11) is 0. The fourth-order valence-electron chi connectivity index (χ4n) is 2.89. The average molecular weight is 371 g/mol. The maximum atomic E-state index is 11.5. The Kier molecular flexibility index (Phi) is 5.83. The molecule has 0 aliphatic carbocycles. The second kappa shape index (κ2) is 8.27. The lowest BCUT2D eigenvalue weighted by atomic mass is 10.0. The van der Waals surface area contributed by atoms with Gasteiger partial charge in [-0.15, -0.1) is 0 Å². The number of carboxylic acids is 1. The van der Waals surface area contributed by atoms with Gasteiger partial charge in [-0.1, -0.05) is 30.3 Å². The van der Waals surface area contributed by atoms with Gasteiger partial charge in [0, 0.05) is 16.7 Å². The fourth-order valence-corrected chi connectivity index (χ4v) is 3.76. The Balaban J connectivity index is 1.80. The number of nitrogens with one attached hydrogen (secondary N) is 1. The first-order valence-corrected chi connectivity index (χ1v) is 9.42. The highest BCUT2D eigenvalue weighted by Gasteiger charge is 2.23. The van der Waals surface area contributed by atoms with Gasteiger partial charge >= 0.3 is 5.97 Å². The molecule has 3 rings (SSSR count). The Morgan fingerprint density at radius 2 is 2.00 bits per heavy atom. The van der Waals surface area contributed by atoms with E-state index in [1.165, 1.54) is 11.8 Å². The number of carbonyl (C=O) groups is 2. The summed E-state index contributed by atoms with van der Waals surface area (Å²) in [5.74, 6) is 0.0132. The van der Waals surface area contributed by atoms with Crippen molar-refractivity contribution in [1.29, 1.82) is 0 Å². The number of hydrogen-bond acceptors (Lipinski definition) is 4. The summed E-state index contributed by atoms with van der Waals surface area (Å²) >= 11 is 1.23. The highest BCUT2D eigenvalue weighted by molar-refractivity contribution is 8.17. The van der Waals surface area contributed by atoms with Crippen LogP contribution >= 0.6 is 11.8 Å². The molecule has 6 heteroatoms. The molecule has 2 N–H and O–H groups in total. The third-order valence-electron chi connectivity index (χ3n) is 4.23. The van der Waals surface area contributed by atoms with E-state index in [-0.39, 0.29) is 17.7 Å². The van der Waals surface area contributed by atoms with Crippen LogP contribution in [0.15, 0.2) is 41.3 Å². The van der Waals surface area contributed by atoms with Gasteiger partial charge in [0.2, 0.25) is 0 Å². The van der Waals surface area contributed by atoms with E-state index in [4.69, 9.17) is 9.84 Å². The van der Waals surface area contributed by atoms with E-state index in [1.807, 2.05) is 49.4 Å². The Morgan fingerprint density at radius 1 is 1.23 bits per heavy atom. The summed E-state index contributed by atoms with van der Waals surface area (Å²) in [5, 5.41) is 13.6. The molecule has 5 nitrogen and oxygen atoms in total. The average Bonchev–Trinajstić information content (AvgIpc) is 2.93. The minimum Gasteiger partial charge on any atom is -0.493 e. The van der Waals surface area contributed by atoms with Gasteiger partial charge in [-0.3, -0.25) is 9.59 Å². The van der Waals surface area contributed by atoms with E-state index in [0.717, 1.165) is 27.0 Å². The van der Waals surface area contributed by atoms with Crippen molar-refractivity contribution in [2.75, 3.05) is 6.61 Å². The molecule has 0 bridgehead atoms. The number of unbranched alkanes of at least 4 members (excludes halogenated alkanes) is 1.